The van der Waals surface area contributed by atoms with Crippen LogP contribution in [-0.2, 0) is 6.42 Å². The number of aryl methyl sites for hydroxylation is 3. The molecule has 0 spiro atoms. The van der Waals surface area contributed by atoms with Crippen LogP contribution >= 0.6 is 0 Å². The van der Waals surface area contributed by atoms with Crippen molar-refractivity contribution in [3.8, 4) is 0 Å². The summed E-state index contributed by atoms with van der Waals surface area (Å²) in [6.45, 7) is 4.24. The topological polar surface area (TPSA) is 32.6 Å². The summed E-state index contributed by atoms with van der Waals surface area (Å²) in [5, 5.41) is 12.4. The largest absolute Gasteiger partial charge is 0.411 e. The molecular formula is C13H17NO. The number of nitrogens with zero attached hydrogens (tertiary/aromatic N) is 1. The van der Waals surface area contributed by atoms with E-state index in [2.05, 4.69) is 31.1 Å². The molecule has 0 atom stereocenters. The third-order valence-corrected chi connectivity index (χ3v) is 3.26. The highest BCUT2D eigenvalue weighted by molar-refractivity contribution is 6.02. The highest BCUT2D eigenvalue weighted by Crippen LogP contribution is 2.24. The Hall–Kier alpha value is -1.31. The van der Waals surface area contributed by atoms with E-state index in [1.165, 1.54) is 23.1 Å². The molecular weight excluding hydrogens is 186 g/mol. The third-order valence-electron chi connectivity index (χ3n) is 3.26. The van der Waals surface area contributed by atoms with Gasteiger partial charge in [-0.15, -0.1) is 0 Å². The van der Waals surface area contributed by atoms with E-state index in [0.29, 0.717) is 0 Å². The molecule has 0 radical (unpaired) electrons. The van der Waals surface area contributed by atoms with Gasteiger partial charge in [-0.1, -0.05) is 11.2 Å². The predicted octanol–water partition coefficient (Wildman–Crippen LogP) is 3.21. The van der Waals surface area contributed by atoms with Gasteiger partial charge in [0.2, 0.25) is 0 Å². The quantitative estimate of drug-likeness (QED) is 0.392. The molecule has 0 aromatic heterocycles. The van der Waals surface area contributed by atoms with Gasteiger partial charge in [-0.05, 0) is 62.3 Å². The molecule has 15 heavy (non-hydrogen) atoms. The Morgan fingerprint density at radius 1 is 1.07 bits per heavy atom. The third kappa shape index (κ3) is 1.89. The molecule has 0 fully saturated rings. The molecule has 1 aromatic carbocycles. The molecule has 80 valence electrons. The molecule has 0 bridgehead atoms. The Bertz CT molecular complexity index is 407. The zero-order valence-electron chi connectivity index (χ0n) is 9.38. The average molecular weight is 203 g/mol. The fourth-order valence-electron chi connectivity index (χ4n) is 2.20. The van der Waals surface area contributed by atoms with Crippen molar-refractivity contribution in [3.63, 3.8) is 0 Å². The van der Waals surface area contributed by atoms with E-state index in [9.17, 15) is 0 Å². The van der Waals surface area contributed by atoms with Gasteiger partial charge in [-0.2, -0.15) is 0 Å². The molecule has 2 nitrogen and oxygen atoms in total. The normalized spacial score (nSPS) is 18.7. The zero-order valence-corrected chi connectivity index (χ0v) is 9.38. The van der Waals surface area contributed by atoms with E-state index in [0.717, 1.165) is 30.5 Å². The monoisotopic (exact) mass is 203 g/mol. The van der Waals surface area contributed by atoms with Crippen molar-refractivity contribution in [1.82, 2.24) is 0 Å². The summed E-state index contributed by atoms with van der Waals surface area (Å²) in [6.07, 6.45) is 4.31. The summed E-state index contributed by atoms with van der Waals surface area (Å²) >= 11 is 0. The Morgan fingerprint density at radius 3 is 2.47 bits per heavy atom. The van der Waals surface area contributed by atoms with E-state index in [1.54, 1.807) is 0 Å². The highest BCUT2D eigenvalue weighted by Gasteiger charge is 2.15. The first kappa shape index (κ1) is 10.2. The smallest absolute Gasteiger partial charge is 0.0870 e. The molecule has 1 N–H and O–H groups in total. The number of hydrogen-bond donors (Lipinski definition) is 1. The van der Waals surface area contributed by atoms with E-state index in [4.69, 9.17) is 5.21 Å². The van der Waals surface area contributed by atoms with Crippen molar-refractivity contribution in [3.05, 3.63) is 34.4 Å². The molecule has 0 heterocycles. The van der Waals surface area contributed by atoms with Gasteiger partial charge in [0, 0.05) is 5.56 Å². The van der Waals surface area contributed by atoms with Crippen LogP contribution in [0.3, 0.4) is 0 Å². The standard InChI is InChI=1S/C13H17NO/c1-9-7-11-5-3-4-6-13(14-15)12(11)8-10(9)2/h7-8,15H,3-6H2,1-2H3/b14-13-. The second kappa shape index (κ2) is 4.05. The van der Waals surface area contributed by atoms with Crippen LogP contribution in [0.4, 0.5) is 0 Å². The lowest BCUT2D eigenvalue weighted by Crippen LogP contribution is -2.03. The van der Waals surface area contributed by atoms with Crippen LogP contribution in [0.5, 0.6) is 0 Å². The number of fused-ring (bicyclic) bond motifs is 1. The minimum atomic E-state index is 0.852. The summed E-state index contributed by atoms with van der Waals surface area (Å²) in [6, 6.07) is 4.40. The summed E-state index contributed by atoms with van der Waals surface area (Å²) in [5.41, 5.74) is 5.94. The van der Waals surface area contributed by atoms with Gasteiger partial charge >= 0.3 is 0 Å². The Kier molecular flexibility index (Phi) is 2.76. The Morgan fingerprint density at radius 2 is 1.73 bits per heavy atom. The van der Waals surface area contributed by atoms with Gasteiger partial charge < -0.3 is 5.21 Å². The Balaban J connectivity index is 2.56. The van der Waals surface area contributed by atoms with Gasteiger partial charge in [0.05, 0.1) is 5.71 Å². The summed E-state index contributed by atoms with van der Waals surface area (Å²) in [7, 11) is 0. The Labute approximate surface area is 90.6 Å². The van der Waals surface area contributed by atoms with Crippen molar-refractivity contribution in [1.29, 1.82) is 0 Å². The second-order valence-corrected chi connectivity index (χ2v) is 4.35. The fourth-order valence-corrected chi connectivity index (χ4v) is 2.20. The van der Waals surface area contributed by atoms with Crippen molar-refractivity contribution < 1.29 is 5.21 Å². The van der Waals surface area contributed by atoms with Gasteiger partial charge in [0.15, 0.2) is 0 Å². The van der Waals surface area contributed by atoms with Crippen LogP contribution in [0, 0.1) is 13.8 Å². The molecule has 0 saturated heterocycles. The predicted molar refractivity (Wildman–Crippen MR) is 61.8 cm³/mol. The first-order valence-corrected chi connectivity index (χ1v) is 5.54. The van der Waals surface area contributed by atoms with Crippen molar-refractivity contribution >= 4 is 5.71 Å². The van der Waals surface area contributed by atoms with E-state index >= 15 is 0 Å². The maximum atomic E-state index is 9.01. The number of benzene rings is 1. The van der Waals surface area contributed by atoms with E-state index in [-0.39, 0.29) is 0 Å². The maximum absolute atomic E-state index is 9.01. The maximum Gasteiger partial charge on any atom is 0.0870 e. The lowest BCUT2D eigenvalue weighted by Gasteiger charge is -2.10. The van der Waals surface area contributed by atoms with Crippen molar-refractivity contribution in [2.24, 2.45) is 5.16 Å². The average Bonchev–Trinajstić information content (AvgIpc) is 2.41. The molecule has 0 unspecified atom stereocenters. The summed E-state index contributed by atoms with van der Waals surface area (Å²) < 4.78 is 0. The molecule has 0 amide bonds. The minimum absolute atomic E-state index is 0.852. The van der Waals surface area contributed by atoms with Crippen molar-refractivity contribution in [2.45, 2.75) is 39.5 Å². The summed E-state index contributed by atoms with van der Waals surface area (Å²) in [4.78, 5) is 0. The minimum Gasteiger partial charge on any atom is -0.411 e. The fraction of sp³-hybridized carbons (Fsp3) is 0.462. The molecule has 1 aliphatic rings. The first-order chi connectivity index (χ1) is 7.22. The molecule has 1 aliphatic carbocycles. The SMILES string of the molecule is Cc1cc2c(cc1C)/C(=N\O)CCCC2. The number of rotatable bonds is 0. The van der Waals surface area contributed by atoms with Crippen LogP contribution in [0.15, 0.2) is 17.3 Å². The molecule has 0 aliphatic heterocycles. The van der Waals surface area contributed by atoms with Gasteiger partial charge in [0.25, 0.3) is 0 Å². The van der Waals surface area contributed by atoms with E-state index < -0.39 is 0 Å². The van der Waals surface area contributed by atoms with Gasteiger partial charge in [0.1, 0.15) is 0 Å². The number of oxime groups is 1. The van der Waals surface area contributed by atoms with Crippen molar-refractivity contribution in [2.75, 3.05) is 0 Å². The molecule has 2 heteroatoms. The lowest BCUT2D eigenvalue weighted by molar-refractivity contribution is 0.318. The van der Waals surface area contributed by atoms with Crippen LogP contribution in [0.25, 0.3) is 0 Å². The molecule has 0 saturated carbocycles. The van der Waals surface area contributed by atoms with Crippen LogP contribution in [-0.4, -0.2) is 10.9 Å². The lowest BCUT2D eigenvalue weighted by atomic mass is 9.96. The van der Waals surface area contributed by atoms with Gasteiger partial charge in [-0.3, -0.25) is 0 Å². The van der Waals surface area contributed by atoms with Gasteiger partial charge in [-0.25, -0.2) is 0 Å². The molecule has 1 aromatic rings. The summed E-state index contributed by atoms with van der Waals surface area (Å²) in [5.74, 6) is 0. The number of hydrogen-bond acceptors (Lipinski definition) is 2. The van der Waals surface area contributed by atoms with Crippen LogP contribution in [0.2, 0.25) is 0 Å². The van der Waals surface area contributed by atoms with Crippen LogP contribution < -0.4 is 0 Å². The van der Waals surface area contributed by atoms with E-state index in [1.807, 2.05) is 0 Å². The zero-order chi connectivity index (χ0) is 10.8. The highest BCUT2D eigenvalue weighted by atomic mass is 16.4. The second-order valence-electron chi connectivity index (χ2n) is 4.35. The first-order valence-electron chi connectivity index (χ1n) is 5.54. The van der Waals surface area contributed by atoms with Crippen LogP contribution in [0.1, 0.15) is 41.5 Å². The molecule has 2 rings (SSSR count).